The van der Waals surface area contributed by atoms with E-state index in [2.05, 4.69) is 91.9 Å². The fraction of sp³-hybridized carbons (Fsp3) is 0.240. The average molecular weight is 358 g/mol. The molecule has 0 aromatic heterocycles. The molecule has 1 N–H and O–H groups in total. The van der Waals surface area contributed by atoms with E-state index in [9.17, 15) is 4.79 Å². The Morgan fingerprint density at radius 1 is 0.778 bits per heavy atom. The number of carboxylic acid groups (broad SMARTS) is 1. The first-order valence-corrected chi connectivity index (χ1v) is 9.59. The molecule has 2 nitrogen and oxygen atoms in total. The third kappa shape index (κ3) is 4.85. The summed E-state index contributed by atoms with van der Waals surface area (Å²) in [6.45, 7) is 2.24. The van der Waals surface area contributed by atoms with E-state index in [1.165, 1.54) is 16.7 Å². The highest BCUT2D eigenvalue weighted by atomic mass is 16.4. The second-order valence-electron chi connectivity index (χ2n) is 6.95. The van der Waals surface area contributed by atoms with Crippen molar-refractivity contribution in [1.82, 2.24) is 0 Å². The van der Waals surface area contributed by atoms with E-state index in [4.69, 9.17) is 5.11 Å². The summed E-state index contributed by atoms with van der Waals surface area (Å²) in [6.07, 6.45) is 1.79. The Hall–Kier alpha value is -2.87. The monoisotopic (exact) mass is 358 g/mol. The van der Waals surface area contributed by atoms with Crippen molar-refractivity contribution < 1.29 is 9.90 Å². The van der Waals surface area contributed by atoms with Crippen molar-refractivity contribution in [3.63, 3.8) is 0 Å². The molecule has 2 atom stereocenters. The van der Waals surface area contributed by atoms with E-state index in [1.54, 1.807) is 0 Å². The second-order valence-corrected chi connectivity index (χ2v) is 6.95. The van der Waals surface area contributed by atoms with Crippen LogP contribution in [0.2, 0.25) is 0 Å². The van der Waals surface area contributed by atoms with Crippen molar-refractivity contribution >= 4 is 5.97 Å². The first kappa shape index (κ1) is 18.9. The lowest BCUT2D eigenvalue weighted by Gasteiger charge is -2.28. The van der Waals surface area contributed by atoms with Gasteiger partial charge in [-0.25, -0.2) is 0 Å². The van der Waals surface area contributed by atoms with Crippen LogP contribution < -0.4 is 0 Å². The molecule has 3 aromatic carbocycles. The summed E-state index contributed by atoms with van der Waals surface area (Å²) < 4.78 is 0. The zero-order chi connectivity index (χ0) is 19.1. The molecule has 3 rings (SSSR count). The third-order valence-electron chi connectivity index (χ3n) is 5.19. The summed E-state index contributed by atoms with van der Waals surface area (Å²) in [4.78, 5) is 10.8. The predicted octanol–water partition coefficient (Wildman–Crippen LogP) is 6.03. The topological polar surface area (TPSA) is 37.3 Å². The Labute approximate surface area is 161 Å². The van der Waals surface area contributed by atoms with E-state index in [-0.39, 0.29) is 12.3 Å². The standard InChI is InChI=1S/C25H26O2/c1-2-23(20-9-5-3-6-10-20)25(21-11-7-4-8-12-21)22-16-13-19(14-17-22)15-18-24(26)27/h3-14,16-17,23,25H,2,15,18H2,1H3,(H,26,27)/t23?,25-/m1/s1. The van der Waals surface area contributed by atoms with Crippen molar-refractivity contribution in [2.24, 2.45) is 0 Å². The molecule has 0 radical (unpaired) electrons. The van der Waals surface area contributed by atoms with Gasteiger partial charge in [-0.1, -0.05) is 91.9 Å². The van der Waals surface area contributed by atoms with E-state index in [0.29, 0.717) is 12.3 Å². The normalized spacial score (nSPS) is 13.1. The second kappa shape index (κ2) is 9.18. The molecule has 138 valence electrons. The summed E-state index contributed by atoms with van der Waals surface area (Å²) in [5.74, 6) is -0.0954. The fourth-order valence-corrected chi connectivity index (χ4v) is 3.82. The molecular formula is C25H26O2. The quantitative estimate of drug-likeness (QED) is 0.534. The van der Waals surface area contributed by atoms with E-state index >= 15 is 0 Å². The van der Waals surface area contributed by atoms with Gasteiger partial charge in [-0.3, -0.25) is 4.79 Å². The number of carboxylic acids is 1. The Balaban J connectivity index is 1.96. The first-order chi connectivity index (χ1) is 13.2. The van der Waals surface area contributed by atoms with Gasteiger partial charge in [-0.2, -0.15) is 0 Å². The molecule has 0 aliphatic heterocycles. The van der Waals surface area contributed by atoms with Gasteiger partial charge in [0.2, 0.25) is 0 Å². The Morgan fingerprint density at radius 3 is 1.81 bits per heavy atom. The van der Waals surface area contributed by atoms with Gasteiger partial charge in [0, 0.05) is 12.3 Å². The van der Waals surface area contributed by atoms with Crippen LogP contribution in [0, 0.1) is 0 Å². The van der Waals surface area contributed by atoms with Crippen LogP contribution in [0.25, 0.3) is 0 Å². The van der Waals surface area contributed by atoms with Crippen LogP contribution >= 0.6 is 0 Å². The molecule has 0 saturated carbocycles. The maximum atomic E-state index is 10.8. The zero-order valence-corrected chi connectivity index (χ0v) is 15.7. The maximum absolute atomic E-state index is 10.8. The van der Waals surface area contributed by atoms with E-state index < -0.39 is 5.97 Å². The minimum Gasteiger partial charge on any atom is -0.481 e. The van der Waals surface area contributed by atoms with Crippen LogP contribution in [0.4, 0.5) is 0 Å². The summed E-state index contributed by atoms with van der Waals surface area (Å²) in [7, 11) is 0. The van der Waals surface area contributed by atoms with Crippen LogP contribution in [0.1, 0.15) is 53.9 Å². The van der Waals surface area contributed by atoms with Crippen LogP contribution in [0.3, 0.4) is 0 Å². The lowest BCUT2D eigenvalue weighted by atomic mass is 9.76. The third-order valence-corrected chi connectivity index (χ3v) is 5.19. The first-order valence-electron chi connectivity index (χ1n) is 9.59. The fourth-order valence-electron chi connectivity index (χ4n) is 3.82. The van der Waals surface area contributed by atoms with Crippen molar-refractivity contribution in [1.29, 1.82) is 0 Å². The Bertz CT molecular complexity index is 839. The molecule has 0 heterocycles. The lowest BCUT2D eigenvalue weighted by molar-refractivity contribution is -0.136. The number of benzene rings is 3. The molecule has 0 fully saturated rings. The maximum Gasteiger partial charge on any atom is 0.303 e. The molecule has 0 bridgehead atoms. The minimum atomic E-state index is -0.753. The molecule has 0 amide bonds. The highest BCUT2D eigenvalue weighted by molar-refractivity contribution is 5.67. The molecule has 0 saturated heterocycles. The van der Waals surface area contributed by atoms with Crippen LogP contribution in [-0.2, 0) is 11.2 Å². The molecule has 1 unspecified atom stereocenters. The Kier molecular flexibility index (Phi) is 6.43. The number of aliphatic carboxylic acids is 1. The number of carbonyl (C=O) groups is 1. The molecular weight excluding hydrogens is 332 g/mol. The number of rotatable bonds is 8. The van der Waals surface area contributed by atoms with E-state index in [0.717, 1.165) is 12.0 Å². The molecule has 0 spiro atoms. The molecule has 27 heavy (non-hydrogen) atoms. The van der Waals surface area contributed by atoms with Gasteiger partial charge >= 0.3 is 5.97 Å². The summed E-state index contributed by atoms with van der Waals surface area (Å²) in [6, 6.07) is 29.8. The largest absolute Gasteiger partial charge is 0.481 e. The molecule has 2 heteroatoms. The van der Waals surface area contributed by atoms with Gasteiger partial charge in [0.15, 0.2) is 0 Å². The van der Waals surface area contributed by atoms with Gasteiger partial charge in [0.25, 0.3) is 0 Å². The van der Waals surface area contributed by atoms with Crippen molar-refractivity contribution in [2.75, 3.05) is 0 Å². The average Bonchev–Trinajstić information content (AvgIpc) is 2.72. The SMILES string of the molecule is CCC(c1ccccc1)[C@H](c1ccccc1)c1ccc(CCC(=O)O)cc1. The van der Waals surface area contributed by atoms with Gasteiger partial charge in [-0.15, -0.1) is 0 Å². The molecule has 0 aliphatic rings. The molecule has 3 aromatic rings. The molecule has 0 aliphatic carbocycles. The van der Waals surface area contributed by atoms with Gasteiger partial charge in [0.1, 0.15) is 0 Å². The van der Waals surface area contributed by atoms with Crippen molar-refractivity contribution in [3.05, 3.63) is 107 Å². The van der Waals surface area contributed by atoms with Gasteiger partial charge < -0.3 is 5.11 Å². The van der Waals surface area contributed by atoms with Crippen molar-refractivity contribution in [3.8, 4) is 0 Å². The number of hydrogen-bond acceptors (Lipinski definition) is 1. The van der Waals surface area contributed by atoms with Gasteiger partial charge in [-0.05, 0) is 41.0 Å². The van der Waals surface area contributed by atoms with Crippen LogP contribution in [0.15, 0.2) is 84.9 Å². The Morgan fingerprint density at radius 2 is 1.30 bits per heavy atom. The van der Waals surface area contributed by atoms with E-state index in [1.807, 2.05) is 0 Å². The minimum absolute atomic E-state index is 0.170. The van der Waals surface area contributed by atoms with Crippen LogP contribution in [0.5, 0.6) is 0 Å². The summed E-state index contributed by atoms with van der Waals surface area (Å²) >= 11 is 0. The summed E-state index contributed by atoms with van der Waals surface area (Å²) in [5, 5.41) is 8.90. The van der Waals surface area contributed by atoms with Crippen molar-refractivity contribution in [2.45, 2.75) is 38.0 Å². The smallest absolute Gasteiger partial charge is 0.303 e. The number of aryl methyl sites for hydroxylation is 1. The number of hydrogen-bond donors (Lipinski definition) is 1. The van der Waals surface area contributed by atoms with Gasteiger partial charge in [0.05, 0.1) is 0 Å². The highest BCUT2D eigenvalue weighted by Crippen LogP contribution is 2.40. The predicted molar refractivity (Wildman–Crippen MR) is 110 cm³/mol. The van der Waals surface area contributed by atoms with Crippen LogP contribution in [-0.4, -0.2) is 11.1 Å². The summed E-state index contributed by atoms with van der Waals surface area (Å²) in [5.41, 5.74) is 5.01. The highest BCUT2D eigenvalue weighted by Gasteiger charge is 2.25. The zero-order valence-electron chi connectivity index (χ0n) is 15.7. The lowest BCUT2D eigenvalue weighted by Crippen LogP contribution is -2.12.